The summed E-state index contributed by atoms with van der Waals surface area (Å²) in [6.45, 7) is 3.11. The van der Waals surface area contributed by atoms with Gasteiger partial charge in [-0.05, 0) is 38.2 Å². The maximum Gasteiger partial charge on any atom is 0.0543 e. The summed E-state index contributed by atoms with van der Waals surface area (Å²) in [5.41, 5.74) is 2.45. The van der Waals surface area contributed by atoms with Gasteiger partial charge >= 0.3 is 0 Å². The number of nitrogens with zero attached hydrogens (tertiary/aromatic N) is 2. The second kappa shape index (κ2) is 7.91. The van der Waals surface area contributed by atoms with E-state index in [1.54, 1.807) is 0 Å². The molecule has 2 rings (SSSR count). The second-order valence-corrected chi connectivity index (χ2v) is 5.39. The molecule has 2 aromatic rings. The molecule has 3 heteroatoms. The van der Waals surface area contributed by atoms with E-state index in [2.05, 4.69) is 65.6 Å². The van der Waals surface area contributed by atoms with Gasteiger partial charge in [0.2, 0.25) is 0 Å². The number of aromatic nitrogens is 1. The molecular formula is C18H25N3. The number of rotatable bonds is 7. The van der Waals surface area contributed by atoms with Crippen molar-refractivity contribution in [2.24, 2.45) is 0 Å². The fraction of sp³-hybridized carbons (Fsp3) is 0.389. The van der Waals surface area contributed by atoms with Gasteiger partial charge in [-0.1, -0.05) is 43.3 Å². The summed E-state index contributed by atoms with van der Waals surface area (Å²) < 4.78 is 0. The Kier molecular flexibility index (Phi) is 5.90. The number of benzene rings is 1. The van der Waals surface area contributed by atoms with Gasteiger partial charge in [-0.25, -0.2) is 0 Å². The molecule has 0 aliphatic carbocycles. The van der Waals surface area contributed by atoms with E-state index in [-0.39, 0.29) is 0 Å². The number of hydrogen-bond acceptors (Lipinski definition) is 3. The van der Waals surface area contributed by atoms with Crippen molar-refractivity contribution < 1.29 is 0 Å². The van der Waals surface area contributed by atoms with Crippen LogP contribution in [0.1, 0.15) is 30.6 Å². The summed E-state index contributed by atoms with van der Waals surface area (Å²) >= 11 is 0. The Morgan fingerprint density at radius 3 is 2.38 bits per heavy atom. The van der Waals surface area contributed by atoms with E-state index in [9.17, 15) is 0 Å². The lowest BCUT2D eigenvalue weighted by molar-refractivity contribution is 0.181. The van der Waals surface area contributed by atoms with Gasteiger partial charge in [0, 0.05) is 24.8 Å². The van der Waals surface area contributed by atoms with E-state index in [0.29, 0.717) is 12.1 Å². The van der Waals surface area contributed by atoms with Gasteiger partial charge in [0.15, 0.2) is 0 Å². The zero-order valence-corrected chi connectivity index (χ0v) is 13.2. The predicted molar refractivity (Wildman–Crippen MR) is 88.0 cm³/mol. The van der Waals surface area contributed by atoms with Crippen molar-refractivity contribution in [2.75, 3.05) is 14.1 Å². The highest BCUT2D eigenvalue weighted by molar-refractivity contribution is 5.20. The normalized spacial score (nSPS) is 14.1. The molecule has 0 bridgehead atoms. The molecule has 1 heterocycles. The lowest BCUT2D eigenvalue weighted by Gasteiger charge is -2.34. The first-order chi connectivity index (χ1) is 10.3. The number of likely N-dealkylation sites (N-methyl/N-ethyl adjacent to an activating group) is 2. The Bertz CT molecular complexity index is 513. The Hall–Kier alpha value is -1.71. The third kappa shape index (κ3) is 4.13. The quantitative estimate of drug-likeness (QED) is 0.845. The third-order valence-electron chi connectivity index (χ3n) is 3.98. The van der Waals surface area contributed by atoms with Crippen LogP contribution in [0.2, 0.25) is 0 Å². The molecule has 1 aromatic carbocycles. The topological polar surface area (TPSA) is 28.2 Å². The van der Waals surface area contributed by atoms with E-state index in [0.717, 1.165) is 18.7 Å². The molecule has 0 fully saturated rings. The van der Waals surface area contributed by atoms with E-state index in [4.69, 9.17) is 0 Å². The summed E-state index contributed by atoms with van der Waals surface area (Å²) in [5.74, 6) is 0. The van der Waals surface area contributed by atoms with Crippen molar-refractivity contribution in [3.8, 4) is 0 Å². The summed E-state index contributed by atoms with van der Waals surface area (Å²) in [6, 6.07) is 17.5. The van der Waals surface area contributed by atoms with Crippen molar-refractivity contribution in [1.82, 2.24) is 15.2 Å². The molecular weight excluding hydrogens is 258 g/mol. The van der Waals surface area contributed by atoms with Gasteiger partial charge < -0.3 is 5.32 Å². The Morgan fingerprint density at radius 1 is 1.10 bits per heavy atom. The molecule has 1 N–H and O–H groups in total. The zero-order valence-electron chi connectivity index (χ0n) is 13.2. The zero-order chi connectivity index (χ0) is 15.1. The van der Waals surface area contributed by atoms with E-state index in [1.807, 2.05) is 25.4 Å². The summed E-state index contributed by atoms with van der Waals surface area (Å²) in [7, 11) is 4.21. The van der Waals surface area contributed by atoms with Crippen LogP contribution in [0.5, 0.6) is 0 Å². The Morgan fingerprint density at radius 2 is 1.81 bits per heavy atom. The van der Waals surface area contributed by atoms with Gasteiger partial charge in [0.25, 0.3) is 0 Å². The molecule has 3 nitrogen and oxygen atoms in total. The molecule has 112 valence electrons. The number of nitrogens with one attached hydrogen (secondary N) is 1. The average Bonchev–Trinajstić information content (AvgIpc) is 2.54. The van der Waals surface area contributed by atoms with Gasteiger partial charge in [0.05, 0.1) is 5.69 Å². The Labute approximate surface area is 128 Å². The van der Waals surface area contributed by atoms with E-state index >= 15 is 0 Å². The van der Waals surface area contributed by atoms with Crippen LogP contribution < -0.4 is 5.32 Å². The van der Waals surface area contributed by atoms with E-state index < -0.39 is 0 Å². The maximum atomic E-state index is 4.43. The van der Waals surface area contributed by atoms with Crippen LogP contribution in [0.25, 0.3) is 0 Å². The fourth-order valence-electron chi connectivity index (χ4n) is 2.91. The Balaban J connectivity index is 2.13. The van der Waals surface area contributed by atoms with Crippen LogP contribution in [-0.2, 0) is 6.54 Å². The monoisotopic (exact) mass is 283 g/mol. The average molecular weight is 283 g/mol. The first-order valence-corrected chi connectivity index (χ1v) is 7.58. The largest absolute Gasteiger partial charge is 0.312 e. The van der Waals surface area contributed by atoms with Crippen LogP contribution in [0, 0.1) is 0 Å². The second-order valence-electron chi connectivity index (χ2n) is 5.39. The van der Waals surface area contributed by atoms with Crippen LogP contribution in [0.3, 0.4) is 0 Å². The first-order valence-electron chi connectivity index (χ1n) is 7.58. The molecule has 2 atom stereocenters. The molecule has 0 aliphatic heterocycles. The van der Waals surface area contributed by atoms with Crippen molar-refractivity contribution >= 4 is 0 Å². The molecule has 0 saturated carbocycles. The maximum absolute atomic E-state index is 4.43. The molecule has 1 aromatic heterocycles. The van der Waals surface area contributed by atoms with Gasteiger partial charge in [-0.15, -0.1) is 0 Å². The van der Waals surface area contributed by atoms with Crippen molar-refractivity contribution in [3.63, 3.8) is 0 Å². The van der Waals surface area contributed by atoms with Crippen LogP contribution in [-0.4, -0.2) is 30.0 Å². The summed E-state index contributed by atoms with van der Waals surface area (Å²) in [4.78, 5) is 6.82. The molecule has 0 spiro atoms. The highest BCUT2D eigenvalue weighted by atomic mass is 15.2. The SMILES string of the molecule is CCC(C(NC)c1ccccc1)N(C)Cc1ccccn1. The summed E-state index contributed by atoms with van der Waals surface area (Å²) in [6.07, 6.45) is 2.95. The highest BCUT2D eigenvalue weighted by Gasteiger charge is 2.24. The molecule has 0 amide bonds. The van der Waals surface area contributed by atoms with Gasteiger partial charge in [0.1, 0.15) is 0 Å². The molecule has 2 unspecified atom stereocenters. The predicted octanol–water partition coefficient (Wildman–Crippen LogP) is 3.25. The molecule has 0 aliphatic rings. The van der Waals surface area contributed by atoms with E-state index in [1.165, 1.54) is 5.56 Å². The van der Waals surface area contributed by atoms with Crippen molar-refractivity contribution in [1.29, 1.82) is 0 Å². The van der Waals surface area contributed by atoms with Crippen LogP contribution >= 0.6 is 0 Å². The van der Waals surface area contributed by atoms with Crippen molar-refractivity contribution in [3.05, 3.63) is 66.0 Å². The summed E-state index contributed by atoms with van der Waals surface area (Å²) in [5, 5.41) is 3.47. The minimum absolute atomic E-state index is 0.324. The molecule has 0 saturated heterocycles. The smallest absolute Gasteiger partial charge is 0.0543 e. The lowest BCUT2D eigenvalue weighted by atomic mass is 9.96. The minimum Gasteiger partial charge on any atom is -0.312 e. The highest BCUT2D eigenvalue weighted by Crippen LogP contribution is 2.23. The number of hydrogen-bond donors (Lipinski definition) is 1. The van der Waals surface area contributed by atoms with Gasteiger partial charge in [-0.3, -0.25) is 9.88 Å². The standard InChI is InChI=1S/C18H25N3/c1-4-17(18(19-2)15-10-6-5-7-11-15)21(3)14-16-12-8-9-13-20-16/h5-13,17-19H,4,14H2,1-3H3. The molecule has 0 radical (unpaired) electrons. The third-order valence-corrected chi connectivity index (χ3v) is 3.98. The minimum atomic E-state index is 0.324. The van der Waals surface area contributed by atoms with Crippen LogP contribution in [0.15, 0.2) is 54.7 Å². The molecule has 21 heavy (non-hydrogen) atoms. The lowest BCUT2D eigenvalue weighted by Crippen LogP contribution is -2.41. The fourth-order valence-corrected chi connectivity index (χ4v) is 2.91. The van der Waals surface area contributed by atoms with Crippen LogP contribution in [0.4, 0.5) is 0 Å². The first kappa shape index (κ1) is 15.7. The number of pyridine rings is 1. The van der Waals surface area contributed by atoms with Gasteiger partial charge in [-0.2, -0.15) is 0 Å². The van der Waals surface area contributed by atoms with Crippen molar-refractivity contribution in [2.45, 2.75) is 32.0 Å².